The topological polar surface area (TPSA) is 98.7 Å². The second-order valence-electron chi connectivity index (χ2n) is 4.10. The molecule has 1 rings (SSSR count). The maximum absolute atomic E-state index is 12.1. The number of hydrogen-bond donors (Lipinski definition) is 1. The first-order valence-corrected chi connectivity index (χ1v) is 5.75. The van der Waals surface area contributed by atoms with Gasteiger partial charge in [0.25, 0.3) is 11.6 Å². The molecule has 19 heavy (non-hydrogen) atoms. The van der Waals surface area contributed by atoms with Crippen molar-refractivity contribution in [2.45, 2.75) is 6.42 Å². The molecule has 0 saturated carbocycles. The van der Waals surface area contributed by atoms with Crippen molar-refractivity contribution in [2.24, 2.45) is 0 Å². The van der Waals surface area contributed by atoms with E-state index in [0.29, 0.717) is 19.6 Å². The molecule has 1 aromatic rings. The monoisotopic (exact) mass is 267 g/mol. The average Bonchev–Trinajstić information content (AvgIpc) is 2.38. The minimum Gasteiger partial charge on any atom is -0.398 e. The van der Waals surface area contributed by atoms with Gasteiger partial charge in [-0.3, -0.25) is 14.9 Å². The second-order valence-corrected chi connectivity index (χ2v) is 4.10. The molecule has 0 heterocycles. The molecule has 2 N–H and O–H groups in total. The van der Waals surface area contributed by atoms with E-state index < -0.39 is 4.92 Å². The number of carbonyl (C=O) groups is 1. The van der Waals surface area contributed by atoms with Crippen molar-refractivity contribution in [3.63, 3.8) is 0 Å². The van der Waals surface area contributed by atoms with Crippen LogP contribution in [0.4, 0.5) is 11.4 Å². The summed E-state index contributed by atoms with van der Waals surface area (Å²) < 4.78 is 4.90. The van der Waals surface area contributed by atoms with Gasteiger partial charge in [0.15, 0.2) is 0 Å². The fraction of sp³-hybridized carbons (Fsp3) is 0.417. The molecule has 0 fully saturated rings. The Labute approximate surface area is 111 Å². The minimum absolute atomic E-state index is 0.147. The molecule has 1 aromatic carbocycles. The van der Waals surface area contributed by atoms with E-state index >= 15 is 0 Å². The highest BCUT2D eigenvalue weighted by Gasteiger charge is 2.18. The van der Waals surface area contributed by atoms with Crippen LogP contribution in [0.25, 0.3) is 0 Å². The molecule has 0 spiro atoms. The van der Waals surface area contributed by atoms with Crippen molar-refractivity contribution in [2.75, 3.05) is 33.0 Å². The predicted octanol–water partition coefficient (Wildman–Crippen LogP) is 1.29. The standard InChI is InChI=1S/C12H17N3O4/c1-14(6-3-7-19-2)12(16)10-8-9(15(17)18)4-5-11(10)13/h4-5,8H,3,6-7,13H2,1-2H3. The predicted molar refractivity (Wildman–Crippen MR) is 71.0 cm³/mol. The summed E-state index contributed by atoms with van der Waals surface area (Å²) in [5.74, 6) is -0.336. The van der Waals surface area contributed by atoms with Crippen LogP contribution in [0.5, 0.6) is 0 Å². The van der Waals surface area contributed by atoms with Crippen LogP contribution in [0.2, 0.25) is 0 Å². The third kappa shape index (κ3) is 3.92. The van der Waals surface area contributed by atoms with Crippen LogP contribution >= 0.6 is 0 Å². The van der Waals surface area contributed by atoms with Crippen molar-refractivity contribution in [1.29, 1.82) is 0 Å². The Hall–Kier alpha value is -2.15. The van der Waals surface area contributed by atoms with Gasteiger partial charge in [0.1, 0.15) is 0 Å². The van der Waals surface area contributed by atoms with E-state index in [0.717, 1.165) is 0 Å². The molecule has 0 unspecified atom stereocenters. The Kier molecular flexibility index (Phi) is 5.25. The van der Waals surface area contributed by atoms with Gasteiger partial charge in [0.2, 0.25) is 0 Å². The molecule has 0 aliphatic rings. The Balaban J connectivity index is 2.86. The van der Waals surface area contributed by atoms with Crippen LogP contribution < -0.4 is 5.73 Å². The Morgan fingerprint density at radius 3 is 2.79 bits per heavy atom. The molecule has 0 aliphatic heterocycles. The smallest absolute Gasteiger partial charge is 0.270 e. The van der Waals surface area contributed by atoms with Crippen molar-refractivity contribution >= 4 is 17.3 Å². The summed E-state index contributed by atoms with van der Waals surface area (Å²) >= 11 is 0. The number of nitro benzene ring substituents is 1. The van der Waals surface area contributed by atoms with E-state index in [4.69, 9.17) is 10.5 Å². The van der Waals surface area contributed by atoms with Crippen LogP contribution in [0.15, 0.2) is 18.2 Å². The lowest BCUT2D eigenvalue weighted by Crippen LogP contribution is -2.29. The zero-order valence-corrected chi connectivity index (χ0v) is 11.0. The Morgan fingerprint density at radius 2 is 2.21 bits per heavy atom. The highest BCUT2D eigenvalue weighted by Crippen LogP contribution is 2.20. The van der Waals surface area contributed by atoms with Gasteiger partial charge in [-0.2, -0.15) is 0 Å². The van der Waals surface area contributed by atoms with E-state index in [1.807, 2.05) is 0 Å². The molecule has 0 aromatic heterocycles. The molecule has 1 amide bonds. The molecule has 0 aliphatic carbocycles. The Bertz CT molecular complexity index is 476. The van der Waals surface area contributed by atoms with Crippen LogP contribution in [-0.2, 0) is 4.74 Å². The van der Waals surface area contributed by atoms with Gasteiger partial charge in [0.05, 0.1) is 10.5 Å². The molecule has 0 radical (unpaired) electrons. The number of methoxy groups -OCH3 is 1. The SMILES string of the molecule is COCCCN(C)C(=O)c1cc([N+](=O)[O-])ccc1N. The van der Waals surface area contributed by atoms with Crippen molar-refractivity contribution in [3.8, 4) is 0 Å². The molecule has 0 saturated heterocycles. The molecule has 104 valence electrons. The van der Waals surface area contributed by atoms with Gasteiger partial charge >= 0.3 is 0 Å². The zero-order chi connectivity index (χ0) is 14.4. The first kappa shape index (κ1) is 14.9. The number of hydrogen-bond acceptors (Lipinski definition) is 5. The number of carbonyl (C=O) groups excluding carboxylic acids is 1. The number of anilines is 1. The third-order valence-corrected chi connectivity index (χ3v) is 2.67. The summed E-state index contributed by atoms with van der Waals surface area (Å²) in [5.41, 5.74) is 5.92. The largest absolute Gasteiger partial charge is 0.398 e. The minimum atomic E-state index is -0.554. The maximum atomic E-state index is 12.1. The second kappa shape index (κ2) is 6.69. The van der Waals surface area contributed by atoms with Crippen molar-refractivity contribution in [3.05, 3.63) is 33.9 Å². The lowest BCUT2D eigenvalue weighted by atomic mass is 10.1. The summed E-state index contributed by atoms with van der Waals surface area (Å²) in [4.78, 5) is 23.7. The van der Waals surface area contributed by atoms with E-state index in [1.54, 1.807) is 14.2 Å². The van der Waals surface area contributed by atoms with Crippen molar-refractivity contribution < 1.29 is 14.5 Å². The molecular weight excluding hydrogens is 250 g/mol. The summed E-state index contributed by atoms with van der Waals surface area (Å²) in [6.07, 6.45) is 0.688. The van der Waals surface area contributed by atoms with Gasteiger partial charge in [-0.05, 0) is 12.5 Å². The summed E-state index contributed by atoms with van der Waals surface area (Å²) in [6, 6.07) is 3.84. The quantitative estimate of drug-likeness (QED) is 0.362. The van der Waals surface area contributed by atoms with Gasteiger partial charge in [0, 0.05) is 45.1 Å². The molecule has 0 atom stereocenters. The zero-order valence-electron chi connectivity index (χ0n) is 11.0. The van der Waals surface area contributed by atoms with E-state index in [2.05, 4.69) is 0 Å². The first-order valence-electron chi connectivity index (χ1n) is 5.75. The highest BCUT2D eigenvalue weighted by atomic mass is 16.6. The van der Waals surface area contributed by atoms with Gasteiger partial charge in [-0.25, -0.2) is 0 Å². The number of nitro groups is 1. The average molecular weight is 267 g/mol. The number of rotatable bonds is 6. The number of benzene rings is 1. The number of nitrogen functional groups attached to an aromatic ring is 1. The van der Waals surface area contributed by atoms with Crippen LogP contribution in [-0.4, -0.2) is 43.0 Å². The fourth-order valence-electron chi connectivity index (χ4n) is 1.60. The van der Waals surface area contributed by atoms with Crippen LogP contribution in [0, 0.1) is 10.1 Å². The highest BCUT2D eigenvalue weighted by molar-refractivity contribution is 5.99. The fourth-order valence-corrected chi connectivity index (χ4v) is 1.60. The molecule has 7 nitrogen and oxygen atoms in total. The summed E-state index contributed by atoms with van der Waals surface area (Å²) in [6.45, 7) is 1.04. The number of non-ortho nitro benzene ring substituents is 1. The van der Waals surface area contributed by atoms with E-state index in [-0.39, 0.29) is 22.8 Å². The molecule has 7 heteroatoms. The number of amides is 1. The van der Waals surface area contributed by atoms with E-state index in [9.17, 15) is 14.9 Å². The van der Waals surface area contributed by atoms with Gasteiger partial charge < -0.3 is 15.4 Å². The lowest BCUT2D eigenvalue weighted by molar-refractivity contribution is -0.384. The number of ether oxygens (including phenoxy) is 1. The third-order valence-electron chi connectivity index (χ3n) is 2.67. The van der Waals surface area contributed by atoms with E-state index in [1.165, 1.54) is 23.1 Å². The van der Waals surface area contributed by atoms with Crippen LogP contribution in [0.1, 0.15) is 16.8 Å². The van der Waals surface area contributed by atoms with Gasteiger partial charge in [-0.1, -0.05) is 0 Å². The normalized spacial score (nSPS) is 10.2. The van der Waals surface area contributed by atoms with Crippen LogP contribution in [0.3, 0.4) is 0 Å². The molecular formula is C12H17N3O4. The lowest BCUT2D eigenvalue weighted by Gasteiger charge is -2.17. The molecule has 0 bridgehead atoms. The summed E-state index contributed by atoms with van der Waals surface area (Å²) in [7, 11) is 3.20. The van der Waals surface area contributed by atoms with Crippen molar-refractivity contribution in [1.82, 2.24) is 4.90 Å². The number of nitrogens with two attached hydrogens (primary N) is 1. The van der Waals surface area contributed by atoms with Gasteiger partial charge in [-0.15, -0.1) is 0 Å². The number of nitrogens with zero attached hydrogens (tertiary/aromatic N) is 2. The maximum Gasteiger partial charge on any atom is 0.270 e. The Morgan fingerprint density at radius 1 is 1.53 bits per heavy atom. The summed E-state index contributed by atoms with van der Waals surface area (Å²) in [5, 5.41) is 10.7. The first-order chi connectivity index (χ1) is 8.97.